The second-order valence-electron chi connectivity index (χ2n) is 27.5. The molecule has 38 nitrogen and oxygen atoms in total. The van der Waals surface area contributed by atoms with E-state index in [1.807, 2.05) is 24.3 Å². The normalized spacial score (nSPS) is 22.3. The molecular weight excluding hydrogens is 1520 g/mol. The molecule has 116 heavy (non-hydrogen) atoms. The maximum absolute atomic E-state index is 15.2. The first-order chi connectivity index (χ1) is 55.7. The van der Waals surface area contributed by atoms with E-state index in [1.54, 1.807) is 104 Å². The van der Waals surface area contributed by atoms with Gasteiger partial charge in [0.15, 0.2) is 5.96 Å². The first-order valence-corrected chi connectivity index (χ1v) is 38.7. The molecule has 11 unspecified atom stereocenters. The zero-order valence-electron chi connectivity index (χ0n) is 64.4. The van der Waals surface area contributed by atoms with Gasteiger partial charge in [-0.1, -0.05) is 117 Å². The summed E-state index contributed by atoms with van der Waals surface area (Å²) in [5.74, 6) is -14.2. The van der Waals surface area contributed by atoms with Gasteiger partial charge in [0.2, 0.25) is 82.7 Å². The first-order valence-electron chi connectivity index (χ1n) is 37.5. The molecule has 11 atom stereocenters. The molecule has 8 rings (SSSR count). The molecule has 14 amide bonds. The van der Waals surface area contributed by atoms with E-state index in [4.69, 9.17) is 16.9 Å². The van der Waals surface area contributed by atoms with E-state index in [0.717, 1.165) is 22.0 Å². The van der Waals surface area contributed by atoms with Crippen molar-refractivity contribution in [3.8, 4) is 0 Å². The lowest BCUT2D eigenvalue weighted by Gasteiger charge is -2.33. The summed E-state index contributed by atoms with van der Waals surface area (Å²) in [4.78, 5) is 222. The molecular formula is C77H99N23O15S. The lowest BCUT2D eigenvalue weighted by atomic mass is 9.97. The van der Waals surface area contributed by atoms with Crippen LogP contribution in [0.3, 0.4) is 0 Å². The third-order valence-corrected chi connectivity index (χ3v) is 20.0. The number of aromatic amines is 2. The number of primary amides is 1. The van der Waals surface area contributed by atoms with E-state index in [-0.39, 0.29) is 87.9 Å². The largest absolute Gasteiger partial charge is 0.394 e. The summed E-state index contributed by atoms with van der Waals surface area (Å²) in [5.41, 5.74) is 13.6. The Morgan fingerprint density at radius 2 is 1.04 bits per heavy atom. The molecule has 7 aromatic rings. The summed E-state index contributed by atoms with van der Waals surface area (Å²) >= 11 is 0.826. The van der Waals surface area contributed by atoms with E-state index >= 15 is 14.4 Å². The number of aryl methyl sites for hydroxylation is 1. The Kier molecular flexibility index (Phi) is 33.9. The van der Waals surface area contributed by atoms with Gasteiger partial charge in [-0.05, 0) is 53.1 Å². The van der Waals surface area contributed by atoms with Crippen molar-refractivity contribution in [2.75, 3.05) is 44.8 Å². The quantitative estimate of drug-likeness (QED) is 0.0175. The maximum atomic E-state index is 15.2. The van der Waals surface area contributed by atoms with E-state index < -0.39 is 181 Å². The number of thioether (sulfide) groups is 1. The maximum Gasteiger partial charge on any atom is 0.245 e. The summed E-state index contributed by atoms with van der Waals surface area (Å²) in [6.07, 6.45) is 6.68. The molecule has 0 radical (unpaired) electrons. The van der Waals surface area contributed by atoms with Gasteiger partial charge < -0.3 is 105 Å². The molecule has 0 aliphatic carbocycles. The molecule has 4 aromatic carbocycles. The number of hydrogen-bond acceptors (Lipinski definition) is 20. The van der Waals surface area contributed by atoms with E-state index in [0.29, 0.717) is 27.8 Å². The number of hydrogen-bond donors (Lipinski definition) is 19. The zero-order valence-corrected chi connectivity index (χ0v) is 65.2. The number of nitrogens with one attached hydrogen (secondary N) is 16. The fourth-order valence-corrected chi connectivity index (χ4v) is 13.5. The van der Waals surface area contributed by atoms with Gasteiger partial charge in [0.05, 0.1) is 55.8 Å². The molecule has 21 N–H and O–H groups in total. The minimum absolute atomic E-state index is 0.00206. The fraction of sp³-hybridized carbons (Fsp3) is 0.403. The van der Waals surface area contributed by atoms with Gasteiger partial charge in [-0.2, -0.15) is 0 Å². The highest BCUT2D eigenvalue weighted by Gasteiger charge is 2.39. The minimum atomic E-state index is -1.81. The Bertz CT molecular complexity index is 4550. The minimum Gasteiger partial charge on any atom is -0.394 e. The van der Waals surface area contributed by atoms with Crippen LogP contribution in [0.5, 0.6) is 0 Å². The van der Waals surface area contributed by atoms with Crippen LogP contribution < -0.4 is 80.6 Å². The van der Waals surface area contributed by atoms with E-state index in [9.17, 15) is 57.8 Å². The molecule has 39 heteroatoms. The molecule has 1 aliphatic heterocycles. The Morgan fingerprint density at radius 3 is 1.60 bits per heavy atom. The van der Waals surface area contributed by atoms with Gasteiger partial charge in [0.25, 0.3) is 0 Å². The smallest absolute Gasteiger partial charge is 0.245 e. The Morgan fingerprint density at radius 1 is 0.543 bits per heavy atom. The number of benzene rings is 4. The van der Waals surface area contributed by atoms with Gasteiger partial charge in [-0.3, -0.25) is 72.5 Å². The van der Waals surface area contributed by atoms with Gasteiger partial charge >= 0.3 is 0 Å². The van der Waals surface area contributed by atoms with Crippen LogP contribution in [0.1, 0.15) is 73.3 Å². The number of amides is 14. The third-order valence-electron chi connectivity index (χ3n) is 19.0. The number of aromatic nitrogens is 6. The van der Waals surface area contributed by atoms with Crippen molar-refractivity contribution in [1.29, 1.82) is 5.41 Å². The molecule has 1 aliphatic rings. The van der Waals surface area contributed by atoms with Crippen LogP contribution in [0.2, 0.25) is 0 Å². The van der Waals surface area contributed by atoms with Gasteiger partial charge in [0.1, 0.15) is 66.5 Å². The number of aliphatic hydroxyl groups is 1. The molecule has 4 heterocycles. The Hall–Kier alpha value is -13.1. The van der Waals surface area contributed by atoms with Gasteiger partial charge in [-0.25, -0.2) is 15.0 Å². The molecule has 0 bridgehead atoms. The van der Waals surface area contributed by atoms with Crippen LogP contribution in [0.25, 0.3) is 10.8 Å². The van der Waals surface area contributed by atoms with Crippen LogP contribution in [0, 0.1) is 5.41 Å². The summed E-state index contributed by atoms with van der Waals surface area (Å²) in [6, 6.07) is 12.8. The van der Waals surface area contributed by atoms with Crippen molar-refractivity contribution < 1.29 is 72.2 Å². The standard InChI is InChI=1S/C77H99N23O15S/c1-5-52-68(107)94-56(29-47-23-15-22-46-21-13-14-24-51(46)47)71(110)95-57(30-48-33-81-41-87-48)66(105)86-37-64(103)90-60(38-101)74(113)93-54(25-16-26-84-77(79)80)76(115)100(4)62(28-45-19-11-8-12-20-45)75(114)97-58(31-49-34-82-42-88-49)72(111)92-53(6-2)69(108)96-59(32-50-35-83-43-99(50)3)73(112)98-61(67(106)85-36-63(78)102)39-116-40-65(104)89-55(70(109)91-52)27-44-17-9-7-10-18-44/h7-15,17-24,33-35,41-43,52-62,101H,5-6,16,25-32,36-40H2,1-4H3,(H2,78,102)(H,81,87)(H,82,88)(H,85,106)(H,86,105)(H,89,104)(H,90,103)(H,91,109)(H,92,111)(H,93,113)(H,94,107)(H,95,110)(H,96,108)(H,97,114)(H,98,112)(H4,79,80,84). The Labute approximate surface area is 671 Å². The number of H-pyrrole nitrogens is 2. The lowest BCUT2D eigenvalue weighted by molar-refractivity contribution is -0.143. The molecule has 0 saturated carbocycles. The highest BCUT2D eigenvalue weighted by molar-refractivity contribution is 8.00. The van der Waals surface area contributed by atoms with Crippen LogP contribution in [0.15, 0.2) is 141 Å². The van der Waals surface area contributed by atoms with Crippen molar-refractivity contribution in [3.05, 3.63) is 174 Å². The number of nitrogens with zero attached hydrogens (tertiary/aromatic N) is 5. The van der Waals surface area contributed by atoms with Gasteiger partial charge in [0, 0.05) is 89.2 Å². The topological polar surface area (TPSA) is 570 Å². The number of carbonyl (C=O) groups is 14. The number of aliphatic hydroxyl groups excluding tert-OH is 1. The van der Waals surface area contributed by atoms with Crippen molar-refractivity contribution in [3.63, 3.8) is 0 Å². The average molecular weight is 1620 g/mol. The number of guanidine groups is 1. The van der Waals surface area contributed by atoms with E-state index in [2.05, 4.69) is 94.0 Å². The second kappa shape index (κ2) is 44.4. The number of nitrogens with two attached hydrogens (primary N) is 2. The summed E-state index contributed by atoms with van der Waals surface area (Å²) in [6.45, 7) is 0.529. The predicted octanol–water partition coefficient (Wildman–Crippen LogP) is -4.01. The monoisotopic (exact) mass is 1620 g/mol. The number of carbonyl (C=O) groups excluding carboxylic acids is 14. The molecule has 1 fully saturated rings. The van der Waals surface area contributed by atoms with Crippen LogP contribution in [-0.4, -0.2) is 239 Å². The number of imidazole rings is 3. The molecule has 3 aromatic heterocycles. The first kappa shape index (κ1) is 88.5. The summed E-state index contributed by atoms with van der Waals surface area (Å²) in [7, 11) is 2.90. The van der Waals surface area contributed by atoms with Gasteiger partial charge in [-0.15, -0.1) is 11.8 Å². The molecule has 1 saturated heterocycles. The van der Waals surface area contributed by atoms with Crippen molar-refractivity contribution in [2.45, 2.75) is 145 Å². The highest BCUT2D eigenvalue weighted by Crippen LogP contribution is 2.22. The summed E-state index contributed by atoms with van der Waals surface area (Å²) in [5, 5.41) is 54.0. The zero-order chi connectivity index (χ0) is 83.8. The summed E-state index contributed by atoms with van der Waals surface area (Å²) < 4.78 is 1.56. The Balaban J connectivity index is 1.16. The lowest BCUT2D eigenvalue weighted by Crippen LogP contribution is -2.61. The number of fused-ring (bicyclic) bond motifs is 1. The molecule has 0 spiro atoms. The van der Waals surface area contributed by atoms with Crippen molar-refractivity contribution in [2.24, 2.45) is 18.5 Å². The SMILES string of the molecule is CCC1NC(=O)C(Cc2ccccc2)NC(=O)CSCC(C(=O)NCC(N)=O)NC(=O)C(Cc2cncn2C)NC(=O)C(CC)NC(=O)C(Cc2c[nH]cn2)NC(=O)C(Cc2ccccc2)N(C)C(=O)C(CCCNC(=N)N)NC(=O)C(CO)NC(=O)CNC(=O)C(Cc2c[nH]cn2)NC(=O)C(Cc2cccc3ccccc23)NC1=O. The van der Waals surface area contributed by atoms with Crippen LogP contribution in [-0.2, 0) is 113 Å². The van der Waals surface area contributed by atoms with Crippen LogP contribution in [0.4, 0.5) is 0 Å². The van der Waals surface area contributed by atoms with Crippen molar-refractivity contribution >= 4 is 111 Å². The second-order valence-corrected chi connectivity index (χ2v) is 28.6. The van der Waals surface area contributed by atoms with Crippen molar-refractivity contribution in [1.82, 2.24) is 104 Å². The van der Waals surface area contributed by atoms with E-state index in [1.165, 1.54) is 44.6 Å². The van der Waals surface area contributed by atoms with Crippen LogP contribution >= 0.6 is 11.8 Å². The predicted molar refractivity (Wildman–Crippen MR) is 425 cm³/mol. The highest BCUT2D eigenvalue weighted by atomic mass is 32.2. The number of likely N-dealkylation sites (N-methyl/N-ethyl adjacent to an activating group) is 1. The fourth-order valence-electron chi connectivity index (χ4n) is 12.6. The number of rotatable bonds is 22. The third kappa shape index (κ3) is 27.1. The molecule has 618 valence electrons. The average Bonchev–Trinajstić information content (AvgIpc) is 1.73.